The van der Waals surface area contributed by atoms with Crippen molar-refractivity contribution >= 4 is 57.8 Å². The van der Waals surface area contributed by atoms with E-state index in [1.807, 2.05) is 0 Å². The Kier molecular flexibility index (Phi) is 8.56. The van der Waals surface area contributed by atoms with Gasteiger partial charge in [0.15, 0.2) is 17.0 Å². The lowest BCUT2D eigenvalue weighted by atomic mass is 9.92. The molecule has 34 heavy (non-hydrogen) atoms. The van der Waals surface area contributed by atoms with E-state index in [1.165, 1.54) is 31.3 Å². The third-order valence-electron chi connectivity index (χ3n) is 6.42. The van der Waals surface area contributed by atoms with Crippen LogP contribution in [0.15, 0.2) is 35.7 Å². The molecule has 10 nitrogen and oxygen atoms in total. The number of hydrogen-bond acceptors (Lipinski definition) is 8. The molecule has 0 bridgehead atoms. The molecule has 3 aromatic rings. The quantitative estimate of drug-likeness (QED) is 0.440. The van der Waals surface area contributed by atoms with Crippen LogP contribution in [0.5, 0.6) is 0 Å². The molecule has 4 N–H and O–H groups in total. The van der Waals surface area contributed by atoms with Crippen LogP contribution in [-0.4, -0.2) is 45.0 Å². The van der Waals surface area contributed by atoms with Gasteiger partial charge in [-0.1, -0.05) is 12.8 Å². The van der Waals surface area contributed by atoms with E-state index in [1.54, 1.807) is 12.4 Å². The molecule has 2 aliphatic rings. The first-order valence-electron chi connectivity index (χ1n) is 11.2. The van der Waals surface area contributed by atoms with Gasteiger partial charge in [-0.15, -0.1) is 24.8 Å². The van der Waals surface area contributed by atoms with Crippen molar-refractivity contribution in [3.63, 3.8) is 0 Å². The fourth-order valence-electron chi connectivity index (χ4n) is 4.64. The molecule has 2 fully saturated rings. The molecule has 13 heteroatoms. The molecule has 3 aromatic heterocycles. The first kappa shape index (κ1) is 26.4. The number of rotatable bonds is 6. The Morgan fingerprint density at radius 1 is 1.03 bits per heavy atom. The number of nitrogens with zero attached hydrogens (tertiary/aromatic N) is 5. The number of nitrogens with two attached hydrogens (primary N) is 1. The number of hydrogen-bond donors (Lipinski definition) is 3. The number of fused-ring (bicyclic) bond motifs is 1. The number of imidazole rings is 1. The van der Waals surface area contributed by atoms with Crippen LogP contribution in [0.1, 0.15) is 57.4 Å². The van der Waals surface area contributed by atoms with Gasteiger partial charge < -0.3 is 15.6 Å². The lowest BCUT2D eigenvalue weighted by Crippen LogP contribution is -2.33. The van der Waals surface area contributed by atoms with Crippen molar-refractivity contribution in [1.29, 1.82) is 0 Å². The molecule has 0 radical (unpaired) electrons. The van der Waals surface area contributed by atoms with Crippen molar-refractivity contribution in [2.24, 2.45) is 5.73 Å². The summed E-state index contributed by atoms with van der Waals surface area (Å²) in [6.45, 7) is 0. The predicted molar refractivity (Wildman–Crippen MR) is 136 cm³/mol. The lowest BCUT2D eigenvalue weighted by Gasteiger charge is -2.27. The molecule has 3 heterocycles. The molecule has 0 saturated heterocycles. The maximum Gasteiger partial charge on any atom is 0.264 e. The third-order valence-corrected chi connectivity index (χ3v) is 7.74. The highest BCUT2D eigenvalue weighted by molar-refractivity contribution is 7.92. The molecule has 0 atom stereocenters. The average molecular weight is 529 g/mol. The molecule has 2 saturated carbocycles. The number of pyridine rings is 1. The van der Waals surface area contributed by atoms with Crippen LogP contribution < -0.4 is 15.8 Å². The van der Waals surface area contributed by atoms with Gasteiger partial charge in [-0.3, -0.25) is 9.71 Å². The van der Waals surface area contributed by atoms with Gasteiger partial charge in [0.2, 0.25) is 5.95 Å². The Bertz CT molecular complexity index is 1190. The Hall–Kier alpha value is -2.21. The summed E-state index contributed by atoms with van der Waals surface area (Å²) < 4.78 is 30.6. The number of nitrogens with one attached hydrogen (secondary N) is 2. The minimum atomic E-state index is -3.87. The minimum Gasteiger partial charge on any atom is -0.351 e. The summed E-state index contributed by atoms with van der Waals surface area (Å²) in [5.41, 5.74) is 7.13. The minimum absolute atomic E-state index is 0. The zero-order valence-corrected chi connectivity index (χ0v) is 21.1. The highest BCUT2D eigenvalue weighted by atomic mass is 35.5. The van der Waals surface area contributed by atoms with E-state index in [0.717, 1.165) is 38.5 Å². The third kappa shape index (κ3) is 5.54. The SMILES string of the molecule is Cl.Cl.NC1CCC(Nc2nc(NS(=O)(=O)c3cccnc3)c3ncn(C4CCCC4)c3n2)CC1. The number of sulfonamides is 1. The first-order chi connectivity index (χ1) is 15.5. The molecule has 0 amide bonds. The molecule has 0 aliphatic heterocycles. The van der Waals surface area contributed by atoms with Crippen LogP contribution in [-0.2, 0) is 10.0 Å². The summed E-state index contributed by atoms with van der Waals surface area (Å²) in [4.78, 5) is 17.8. The smallest absolute Gasteiger partial charge is 0.264 e. The van der Waals surface area contributed by atoms with Gasteiger partial charge in [0.05, 0.1) is 6.33 Å². The fraction of sp³-hybridized carbons (Fsp3) is 0.524. The van der Waals surface area contributed by atoms with Crippen LogP contribution in [0.2, 0.25) is 0 Å². The van der Waals surface area contributed by atoms with Crippen LogP contribution in [0.3, 0.4) is 0 Å². The summed E-state index contributed by atoms with van der Waals surface area (Å²) in [7, 11) is -3.87. The second-order valence-corrected chi connectivity index (χ2v) is 10.4. The molecular weight excluding hydrogens is 499 g/mol. The molecule has 0 unspecified atom stereocenters. The zero-order valence-electron chi connectivity index (χ0n) is 18.6. The summed E-state index contributed by atoms with van der Waals surface area (Å²) in [5, 5.41) is 3.40. The summed E-state index contributed by atoms with van der Waals surface area (Å²) in [5.74, 6) is 0.576. The second-order valence-electron chi connectivity index (χ2n) is 8.71. The first-order valence-corrected chi connectivity index (χ1v) is 12.7. The van der Waals surface area contributed by atoms with Crippen molar-refractivity contribution in [3.05, 3.63) is 30.9 Å². The molecule has 186 valence electrons. The van der Waals surface area contributed by atoms with Gasteiger partial charge in [0.1, 0.15) is 4.90 Å². The van der Waals surface area contributed by atoms with Crippen molar-refractivity contribution in [1.82, 2.24) is 24.5 Å². The normalized spacial score (nSPS) is 21.0. The monoisotopic (exact) mass is 528 g/mol. The van der Waals surface area contributed by atoms with E-state index in [4.69, 9.17) is 10.7 Å². The second kappa shape index (κ2) is 11.0. The summed E-state index contributed by atoms with van der Waals surface area (Å²) in [6.07, 6.45) is 12.8. The Morgan fingerprint density at radius 3 is 2.44 bits per heavy atom. The molecule has 2 aliphatic carbocycles. The Morgan fingerprint density at radius 2 is 1.76 bits per heavy atom. The highest BCUT2D eigenvalue weighted by Crippen LogP contribution is 2.33. The van der Waals surface area contributed by atoms with E-state index < -0.39 is 10.0 Å². The van der Waals surface area contributed by atoms with Gasteiger partial charge in [-0.25, -0.2) is 13.4 Å². The van der Waals surface area contributed by atoms with Crippen molar-refractivity contribution in [2.45, 2.75) is 74.4 Å². The van der Waals surface area contributed by atoms with E-state index >= 15 is 0 Å². The maximum absolute atomic E-state index is 13.0. The van der Waals surface area contributed by atoms with Crippen LogP contribution >= 0.6 is 24.8 Å². The van der Waals surface area contributed by atoms with E-state index in [0.29, 0.717) is 23.2 Å². The molecular formula is C21H30Cl2N8O2S. The lowest BCUT2D eigenvalue weighted by molar-refractivity contribution is 0.410. The highest BCUT2D eigenvalue weighted by Gasteiger charge is 2.25. The van der Waals surface area contributed by atoms with Crippen LogP contribution in [0, 0.1) is 0 Å². The zero-order chi connectivity index (χ0) is 22.1. The Labute approximate surface area is 211 Å². The van der Waals surface area contributed by atoms with Gasteiger partial charge in [-0.05, 0) is 50.7 Å². The Balaban J connectivity index is 0.00000162. The van der Waals surface area contributed by atoms with Crippen LogP contribution in [0.4, 0.5) is 11.8 Å². The molecule has 0 aromatic carbocycles. The number of aromatic nitrogens is 5. The topological polar surface area (TPSA) is 141 Å². The standard InChI is InChI=1S/C21H28N8O2S.2ClH/c22-14-7-9-15(10-8-14)25-21-26-19(28-32(30,31)17-6-3-11-23-12-17)18-20(27-21)29(13-24-18)16-4-1-2-5-16;;/h3,6,11-16H,1-2,4-5,7-10,22H2,(H2,25,26,27,28);2*1H. The van der Waals surface area contributed by atoms with Gasteiger partial charge >= 0.3 is 0 Å². The fourth-order valence-corrected chi connectivity index (χ4v) is 5.61. The molecule has 5 rings (SSSR count). The number of anilines is 2. The maximum atomic E-state index is 13.0. The van der Waals surface area contributed by atoms with E-state index in [-0.39, 0.29) is 47.6 Å². The van der Waals surface area contributed by atoms with Crippen LogP contribution in [0.25, 0.3) is 11.2 Å². The van der Waals surface area contributed by atoms with Gasteiger partial charge in [0, 0.05) is 30.5 Å². The molecule has 0 spiro atoms. The largest absolute Gasteiger partial charge is 0.351 e. The average Bonchev–Trinajstić information content (AvgIpc) is 3.46. The predicted octanol–water partition coefficient (Wildman–Crippen LogP) is 3.66. The van der Waals surface area contributed by atoms with Gasteiger partial charge in [-0.2, -0.15) is 9.97 Å². The van der Waals surface area contributed by atoms with Gasteiger partial charge in [0.25, 0.3) is 10.0 Å². The summed E-state index contributed by atoms with van der Waals surface area (Å²) in [6, 6.07) is 3.84. The van der Waals surface area contributed by atoms with Crippen molar-refractivity contribution in [3.8, 4) is 0 Å². The summed E-state index contributed by atoms with van der Waals surface area (Å²) >= 11 is 0. The van der Waals surface area contributed by atoms with E-state index in [9.17, 15) is 8.42 Å². The van der Waals surface area contributed by atoms with Crippen molar-refractivity contribution in [2.75, 3.05) is 10.0 Å². The van der Waals surface area contributed by atoms with E-state index in [2.05, 4.69) is 29.6 Å². The number of halogens is 2. The van der Waals surface area contributed by atoms with Crippen molar-refractivity contribution < 1.29 is 8.42 Å².